The highest BCUT2D eigenvalue weighted by atomic mass is 16.4. The second-order valence-electron chi connectivity index (χ2n) is 7.39. The van der Waals surface area contributed by atoms with Crippen LogP contribution in [-0.2, 0) is 0 Å². The lowest BCUT2D eigenvalue weighted by Gasteiger charge is -2.33. The van der Waals surface area contributed by atoms with E-state index in [1.165, 1.54) is 0 Å². The minimum atomic E-state index is -0.182. The van der Waals surface area contributed by atoms with Crippen LogP contribution in [0, 0.1) is 20.8 Å². The molecule has 0 radical (unpaired) electrons. The summed E-state index contributed by atoms with van der Waals surface area (Å²) in [6, 6.07) is 1.91. The molecule has 0 spiro atoms. The molecule has 0 aliphatic heterocycles. The van der Waals surface area contributed by atoms with E-state index in [0.717, 1.165) is 41.4 Å². The summed E-state index contributed by atoms with van der Waals surface area (Å²) in [4.78, 5) is 29.1. The summed E-state index contributed by atoms with van der Waals surface area (Å²) in [7, 11) is 0. The first-order chi connectivity index (χ1) is 13.5. The molecular formula is C20H20N6O2. The van der Waals surface area contributed by atoms with Crippen LogP contribution in [0.15, 0.2) is 33.9 Å². The Bertz CT molecular complexity index is 1230. The van der Waals surface area contributed by atoms with Crippen LogP contribution < -0.4 is 5.56 Å². The molecule has 28 heavy (non-hydrogen) atoms. The van der Waals surface area contributed by atoms with E-state index in [9.17, 15) is 4.79 Å². The van der Waals surface area contributed by atoms with Gasteiger partial charge in [-0.15, -0.1) is 0 Å². The standard InChI is InChI=1S/C20H20N6O2/c1-10-6-7-21-9-16(10)26-18-15(8-22-26)19(27)25-17(24-18)13-4-5-14(13)20-23-11(2)12(3)28-20/h6-9,13-14H,4-5H2,1-3H3,(H,24,25,27)/t13-,14-/m1/s1. The van der Waals surface area contributed by atoms with Gasteiger partial charge in [0.25, 0.3) is 5.56 Å². The van der Waals surface area contributed by atoms with Crippen molar-refractivity contribution in [3.8, 4) is 5.69 Å². The van der Waals surface area contributed by atoms with Gasteiger partial charge in [0, 0.05) is 18.0 Å². The molecule has 1 aliphatic rings. The van der Waals surface area contributed by atoms with Gasteiger partial charge in [-0.25, -0.2) is 14.6 Å². The van der Waals surface area contributed by atoms with E-state index in [4.69, 9.17) is 9.40 Å². The summed E-state index contributed by atoms with van der Waals surface area (Å²) in [5.41, 5.74) is 3.09. The van der Waals surface area contributed by atoms with Gasteiger partial charge in [0.05, 0.1) is 23.8 Å². The molecule has 142 valence electrons. The third-order valence-corrected chi connectivity index (χ3v) is 5.68. The number of aromatic amines is 1. The number of hydrogen-bond donors (Lipinski definition) is 1. The third kappa shape index (κ3) is 2.48. The van der Waals surface area contributed by atoms with E-state index in [0.29, 0.717) is 16.9 Å². The average Bonchev–Trinajstić information content (AvgIpc) is 3.18. The lowest BCUT2D eigenvalue weighted by molar-refractivity contribution is 0.273. The zero-order valence-electron chi connectivity index (χ0n) is 15.9. The summed E-state index contributed by atoms with van der Waals surface area (Å²) in [5.74, 6) is 2.43. The SMILES string of the molecule is Cc1ccncc1-n1ncc2c(=O)[nH]c([C@@H]3CC[C@H]3c3nc(C)c(C)o3)nc21. The highest BCUT2D eigenvalue weighted by Gasteiger charge is 2.39. The normalized spacial score (nSPS) is 19.1. The topological polar surface area (TPSA) is 102 Å². The molecule has 1 N–H and O–H groups in total. The highest BCUT2D eigenvalue weighted by molar-refractivity contribution is 5.75. The molecule has 8 nitrogen and oxygen atoms in total. The predicted molar refractivity (Wildman–Crippen MR) is 103 cm³/mol. The second-order valence-corrected chi connectivity index (χ2v) is 7.39. The van der Waals surface area contributed by atoms with Crippen molar-refractivity contribution >= 4 is 11.0 Å². The fourth-order valence-corrected chi connectivity index (χ4v) is 3.74. The number of nitrogens with zero attached hydrogens (tertiary/aromatic N) is 5. The predicted octanol–water partition coefficient (Wildman–Crippen LogP) is 3.08. The molecule has 8 heteroatoms. The van der Waals surface area contributed by atoms with Crippen LogP contribution in [0.2, 0.25) is 0 Å². The molecule has 0 amide bonds. The van der Waals surface area contributed by atoms with Crippen molar-refractivity contribution in [1.29, 1.82) is 0 Å². The molecule has 4 aromatic heterocycles. The minimum Gasteiger partial charge on any atom is -0.445 e. The number of H-pyrrole nitrogens is 1. The molecule has 0 bridgehead atoms. The molecule has 5 rings (SSSR count). The van der Waals surface area contributed by atoms with Crippen molar-refractivity contribution in [1.82, 2.24) is 29.7 Å². The maximum atomic E-state index is 12.7. The lowest BCUT2D eigenvalue weighted by Crippen LogP contribution is -2.26. The Labute approximate surface area is 160 Å². The van der Waals surface area contributed by atoms with Gasteiger partial charge in [-0.05, 0) is 45.2 Å². The van der Waals surface area contributed by atoms with Gasteiger partial charge in [-0.1, -0.05) is 0 Å². The Morgan fingerprint density at radius 2 is 1.96 bits per heavy atom. The van der Waals surface area contributed by atoms with Crippen LogP contribution in [0.3, 0.4) is 0 Å². The van der Waals surface area contributed by atoms with Crippen molar-refractivity contribution in [2.75, 3.05) is 0 Å². The quantitative estimate of drug-likeness (QED) is 0.589. The molecular weight excluding hydrogens is 356 g/mol. The maximum Gasteiger partial charge on any atom is 0.262 e. The van der Waals surface area contributed by atoms with Crippen molar-refractivity contribution in [3.63, 3.8) is 0 Å². The molecule has 1 fully saturated rings. The van der Waals surface area contributed by atoms with Crippen LogP contribution >= 0.6 is 0 Å². The number of aromatic nitrogens is 6. The van der Waals surface area contributed by atoms with E-state index in [1.54, 1.807) is 23.3 Å². The Morgan fingerprint density at radius 1 is 1.14 bits per heavy atom. The van der Waals surface area contributed by atoms with Crippen molar-refractivity contribution < 1.29 is 4.42 Å². The van der Waals surface area contributed by atoms with E-state index >= 15 is 0 Å². The third-order valence-electron chi connectivity index (χ3n) is 5.68. The van der Waals surface area contributed by atoms with Crippen LogP contribution in [0.25, 0.3) is 16.7 Å². The van der Waals surface area contributed by atoms with Crippen molar-refractivity contribution in [2.45, 2.75) is 45.4 Å². The van der Waals surface area contributed by atoms with Crippen molar-refractivity contribution in [3.05, 3.63) is 63.7 Å². The minimum absolute atomic E-state index is 0.0768. The largest absolute Gasteiger partial charge is 0.445 e. The summed E-state index contributed by atoms with van der Waals surface area (Å²) in [6.45, 7) is 5.84. The maximum absolute atomic E-state index is 12.7. The molecule has 4 aromatic rings. The van der Waals surface area contributed by atoms with Gasteiger partial charge < -0.3 is 9.40 Å². The molecule has 1 saturated carbocycles. The first-order valence-corrected chi connectivity index (χ1v) is 9.36. The van der Waals surface area contributed by atoms with Crippen LogP contribution in [0.4, 0.5) is 0 Å². The zero-order chi connectivity index (χ0) is 19.4. The number of aryl methyl sites for hydroxylation is 3. The van der Waals surface area contributed by atoms with Crippen molar-refractivity contribution in [2.24, 2.45) is 0 Å². The molecule has 0 saturated heterocycles. The summed E-state index contributed by atoms with van der Waals surface area (Å²) in [6.07, 6.45) is 6.91. The van der Waals surface area contributed by atoms with Gasteiger partial charge in [0.2, 0.25) is 0 Å². The first kappa shape index (κ1) is 16.9. The number of rotatable bonds is 3. The van der Waals surface area contributed by atoms with Crippen LogP contribution in [0.1, 0.15) is 53.4 Å². The monoisotopic (exact) mass is 376 g/mol. The summed E-state index contributed by atoms with van der Waals surface area (Å²) < 4.78 is 7.51. The highest BCUT2D eigenvalue weighted by Crippen LogP contribution is 2.47. The number of hydrogen-bond acceptors (Lipinski definition) is 6. The van der Waals surface area contributed by atoms with E-state index in [1.807, 2.05) is 26.8 Å². The van der Waals surface area contributed by atoms with Gasteiger partial charge in [0.15, 0.2) is 11.5 Å². The number of oxazole rings is 1. The number of nitrogens with one attached hydrogen (secondary N) is 1. The molecule has 4 heterocycles. The van der Waals surface area contributed by atoms with Crippen LogP contribution in [-0.4, -0.2) is 29.7 Å². The number of fused-ring (bicyclic) bond motifs is 1. The Balaban J connectivity index is 1.60. The smallest absolute Gasteiger partial charge is 0.262 e. The molecule has 0 aromatic carbocycles. The Hall–Kier alpha value is -3.29. The van der Waals surface area contributed by atoms with Gasteiger partial charge in [0.1, 0.15) is 17.0 Å². The summed E-state index contributed by atoms with van der Waals surface area (Å²) in [5, 5.41) is 4.85. The Kier molecular flexibility index (Phi) is 3.68. The fraction of sp³-hybridized carbons (Fsp3) is 0.350. The van der Waals surface area contributed by atoms with E-state index in [-0.39, 0.29) is 17.4 Å². The second kappa shape index (κ2) is 6.12. The zero-order valence-corrected chi connectivity index (χ0v) is 15.9. The molecule has 0 unspecified atom stereocenters. The van der Waals surface area contributed by atoms with E-state index < -0.39 is 0 Å². The van der Waals surface area contributed by atoms with Crippen LogP contribution in [0.5, 0.6) is 0 Å². The number of pyridine rings is 1. The fourth-order valence-electron chi connectivity index (χ4n) is 3.74. The first-order valence-electron chi connectivity index (χ1n) is 9.36. The average molecular weight is 376 g/mol. The van der Waals surface area contributed by atoms with Gasteiger partial charge in [-0.3, -0.25) is 9.78 Å². The molecule has 2 atom stereocenters. The van der Waals surface area contributed by atoms with E-state index in [2.05, 4.69) is 20.1 Å². The molecule has 1 aliphatic carbocycles. The van der Waals surface area contributed by atoms with Gasteiger partial charge >= 0.3 is 0 Å². The Morgan fingerprint density at radius 3 is 2.64 bits per heavy atom. The van der Waals surface area contributed by atoms with Gasteiger partial charge in [-0.2, -0.15) is 5.10 Å². The lowest BCUT2D eigenvalue weighted by atomic mass is 9.73. The summed E-state index contributed by atoms with van der Waals surface area (Å²) >= 11 is 0.